The summed E-state index contributed by atoms with van der Waals surface area (Å²) in [5, 5.41) is 19.9. The van der Waals surface area contributed by atoms with Gasteiger partial charge >= 0.3 is 5.97 Å². The Labute approximate surface area is 137 Å². The van der Waals surface area contributed by atoms with Crippen LogP contribution in [0.5, 0.6) is 11.5 Å². The quantitative estimate of drug-likeness (QED) is 0.512. The van der Waals surface area contributed by atoms with E-state index >= 15 is 0 Å². The van der Waals surface area contributed by atoms with Crippen molar-refractivity contribution in [2.24, 2.45) is 4.99 Å². The van der Waals surface area contributed by atoms with Crippen molar-refractivity contribution in [2.45, 2.75) is 25.7 Å². The van der Waals surface area contributed by atoms with Crippen molar-refractivity contribution in [3.8, 4) is 11.5 Å². The fourth-order valence-electron chi connectivity index (χ4n) is 2.74. The van der Waals surface area contributed by atoms with E-state index < -0.39 is 0 Å². The van der Waals surface area contributed by atoms with Gasteiger partial charge in [0.05, 0.1) is 12.7 Å². The van der Waals surface area contributed by atoms with Gasteiger partial charge in [0.1, 0.15) is 5.00 Å². The van der Waals surface area contributed by atoms with Crippen molar-refractivity contribution in [3.63, 3.8) is 0 Å². The van der Waals surface area contributed by atoms with Crippen molar-refractivity contribution in [1.82, 2.24) is 0 Å². The Bertz CT molecular complexity index is 779. The van der Waals surface area contributed by atoms with Crippen LogP contribution in [0.25, 0.3) is 0 Å². The molecule has 0 saturated heterocycles. The second kappa shape index (κ2) is 6.42. The third kappa shape index (κ3) is 2.94. The lowest BCUT2D eigenvalue weighted by molar-refractivity contribution is 0.0601. The number of fused-ring (bicyclic) bond motifs is 1. The van der Waals surface area contributed by atoms with E-state index in [4.69, 9.17) is 4.74 Å². The maximum Gasteiger partial charge on any atom is 0.341 e. The molecule has 6 heteroatoms. The Morgan fingerprint density at radius 1 is 1.30 bits per heavy atom. The number of para-hydroxylation sites is 1. The number of phenols is 2. The first-order chi connectivity index (χ1) is 11.1. The second-order valence-corrected chi connectivity index (χ2v) is 6.44. The Kier molecular flexibility index (Phi) is 4.34. The van der Waals surface area contributed by atoms with Gasteiger partial charge in [0.15, 0.2) is 11.5 Å². The number of aromatic hydroxyl groups is 2. The van der Waals surface area contributed by atoms with Crippen LogP contribution in [0.4, 0.5) is 5.00 Å². The number of rotatable bonds is 3. The molecule has 0 unspecified atom stereocenters. The molecule has 1 aliphatic carbocycles. The zero-order valence-electron chi connectivity index (χ0n) is 12.7. The molecule has 2 N–H and O–H groups in total. The number of benzene rings is 1. The van der Waals surface area contributed by atoms with E-state index in [1.165, 1.54) is 35.6 Å². The average Bonchev–Trinajstić information content (AvgIpc) is 2.94. The zero-order valence-corrected chi connectivity index (χ0v) is 13.5. The fraction of sp³-hybridized carbons (Fsp3) is 0.294. The number of ether oxygens (including phenoxy) is 1. The van der Waals surface area contributed by atoms with Crippen molar-refractivity contribution < 1.29 is 19.7 Å². The lowest BCUT2D eigenvalue weighted by Gasteiger charge is -2.11. The molecule has 1 aromatic heterocycles. The van der Waals surface area contributed by atoms with Crippen LogP contribution in [-0.2, 0) is 17.6 Å². The summed E-state index contributed by atoms with van der Waals surface area (Å²) >= 11 is 1.49. The minimum atomic E-state index is -0.378. The minimum Gasteiger partial charge on any atom is -0.504 e. The molecular weight excluding hydrogens is 314 g/mol. The summed E-state index contributed by atoms with van der Waals surface area (Å²) in [6, 6.07) is 4.66. The standard InChI is InChI=1S/C17H17NO4S/c1-22-17(21)14-11-6-2-3-8-13(11)23-16(14)18-9-10-5-4-7-12(19)15(10)20/h4-5,7,9,19-20H,2-3,6,8H2,1H3. The summed E-state index contributed by atoms with van der Waals surface area (Å²) in [6.45, 7) is 0. The first-order valence-corrected chi connectivity index (χ1v) is 8.21. The van der Waals surface area contributed by atoms with E-state index in [0.29, 0.717) is 16.1 Å². The minimum absolute atomic E-state index is 0.201. The topological polar surface area (TPSA) is 79.1 Å². The maximum absolute atomic E-state index is 12.1. The first kappa shape index (κ1) is 15.6. The van der Waals surface area contributed by atoms with E-state index in [2.05, 4.69) is 4.99 Å². The molecule has 0 spiro atoms. The monoisotopic (exact) mass is 331 g/mol. The van der Waals surface area contributed by atoms with E-state index in [-0.39, 0.29) is 17.5 Å². The van der Waals surface area contributed by atoms with Gasteiger partial charge in [-0.25, -0.2) is 9.79 Å². The molecule has 5 nitrogen and oxygen atoms in total. The number of thiophene rings is 1. The number of carbonyl (C=O) groups excluding carboxylic acids is 1. The molecular formula is C17H17NO4S. The molecule has 0 radical (unpaired) electrons. The Morgan fingerprint density at radius 3 is 2.87 bits per heavy atom. The average molecular weight is 331 g/mol. The Morgan fingerprint density at radius 2 is 2.09 bits per heavy atom. The summed E-state index contributed by atoms with van der Waals surface area (Å²) in [5.41, 5.74) is 1.97. The summed E-state index contributed by atoms with van der Waals surface area (Å²) < 4.78 is 4.90. The van der Waals surface area contributed by atoms with Gasteiger partial charge in [-0.15, -0.1) is 11.3 Å². The number of aryl methyl sites for hydroxylation is 1. The lowest BCUT2D eigenvalue weighted by atomic mass is 9.95. The normalized spacial score (nSPS) is 14.0. The molecule has 0 fully saturated rings. The zero-order chi connectivity index (χ0) is 16.4. The predicted octanol–water partition coefficient (Wildman–Crippen LogP) is 3.58. The lowest BCUT2D eigenvalue weighted by Crippen LogP contribution is -2.07. The number of aliphatic imine (C=N–C) groups is 1. The van der Waals surface area contributed by atoms with E-state index in [9.17, 15) is 15.0 Å². The SMILES string of the molecule is COC(=O)c1c(N=Cc2cccc(O)c2O)sc2c1CCCC2. The highest BCUT2D eigenvalue weighted by atomic mass is 32.1. The predicted molar refractivity (Wildman–Crippen MR) is 89.3 cm³/mol. The van der Waals surface area contributed by atoms with Crippen molar-refractivity contribution in [3.05, 3.63) is 39.8 Å². The van der Waals surface area contributed by atoms with Crippen LogP contribution in [0.3, 0.4) is 0 Å². The van der Waals surface area contributed by atoms with Crippen LogP contribution in [0.2, 0.25) is 0 Å². The highest BCUT2D eigenvalue weighted by molar-refractivity contribution is 7.16. The van der Waals surface area contributed by atoms with Crippen LogP contribution in [0.15, 0.2) is 23.2 Å². The number of phenolic OH excluding ortho intramolecular Hbond substituents is 2. The molecule has 0 atom stereocenters. The first-order valence-electron chi connectivity index (χ1n) is 7.39. The van der Waals surface area contributed by atoms with Gasteiger partial charge < -0.3 is 14.9 Å². The van der Waals surface area contributed by atoms with Crippen LogP contribution in [0.1, 0.15) is 39.2 Å². The Balaban J connectivity index is 2.02. The molecule has 120 valence electrons. The van der Waals surface area contributed by atoms with Crippen LogP contribution < -0.4 is 0 Å². The van der Waals surface area contributed by atoms with Gasteiger partial charge in [-0.2, -0.15) is 0 Å². The van der Waals surface area contributed by atoms with Gasteiger partial charge in [-0.05, 0) is 43.4 Å². The summed E-state index contributed by atoms with van der Waals surface area (Å²) in [5.74, 6) is -0.804. The highest BCUT2D eigenvalue weighted by Crippen LogP contribution is 2.40. The molecule has 1 aliphatic rings. The number of nitrogens with zero attached hydrogens (tertiary/aromatic N) is 1. The molecule has 2 aromatic rings. The number of hydrogen-bond acceptors (Lipinski definition) is 6. The van der Waals surface area contributed by atoms with Gasteiger partial charge in [-0.3, -0.25) is 0 Å². The van der Waals surface area contributed by atoms with Crippen molar-refractivity contribution in [1.29, 1.82) is 0 Å². The van der Waals surface area contributed by atoms with E-state index in [0.717, 1.165) is 31.2 Å². The molecule has 3 rings (SSSR count). The third-order valence-electron chi connectivity index (χ3n) is 3.91. The van der Waals surface area contributed by atoms with Crippen molar-refractivity contribution in [2.75, 3.05) is 7.11 Å². The number of hydrogen-bond donors (Lipinski definition) is 2. The van der Waals surface area contributed by atoms with E-state index in [1.54, 1.807) is 12.1 Å². The molecule has 1 aromatic carbocycles. The smallest absolute Gasteiger partial charge is 0.341 e. The van der Waals surface area contributed by atoms with Gasteiger partial charge in [-0.1, -0.05) is 6.07 Å². The van der Waals surface area contributed by atoms with Gasteiger partial charge in [0.25, 0.3) is 0 Å². The molecule has 23 heavy (non-hydrogen) atoms. The molecule has 0 bridgehead atoms. The largest absolute Gasteiger partial charge is 0.504 e. The fourth-order valence-corrected chi connectivity index (χ4v) is 3.96. The van der Waals surface area contributed by atoms with Gasteiger partial charge in [0.2, 0.25) is 0 Å². The van der Waals surface area contributed by atoms with Crippen LogP contribution in [0, 0.1) is 0 Å². The summed E-state index contributed by atoms with van der Waals surface area (Å²) in [6.07, 6.45) is 5.45. The number of carbonyl (C=O) groups is 1. The third-order valence-corrected chi connectivity index (χ3v) is 5.11. The number of methoxy groups -OCH3 is 1. The second-order valence-electron chi connectivity index (χ2n) is 5.36. The highest BCUT2D eigenvalue weighted by Gasteiger charge is 2.25. The van der Waals surface area contributed by atoms with Crippen LogP contribution in [-0.4, -0.2) is 29.5 Å². The van der Waals surface area contributed by atoms with Crippen molar-refractivity contribution >= 4 is 28.5 Å². The summed E-state index contributed by atoms with van der Waals surface area (Å²) in [4.78, 5) is 17.7. The molecule has 0 amide bonds. The maximum atomic E-state index is 12.1. The molecule has 0 aliphatic heterocycles. The van der Waals surface area contributed by atoms with Gasteiger partial charge in [0, 0.05) is 16.7 Å². The molecule has 0 saturated carbocycles. The van der Waals surface area contributed by atoms with E-state index in [1.807, 2.05) is 0 Å². The summed E-state index contributed by atoms with van der Waals surface area (Å²) in [7, 11) is 1.36. The number of esters is 1. The van der Waals surface area contributed by atoms with Crippen LogP contribution >= 0.6 is 11.3 Å². The Hall–Kier alpha value is -2.34. The molecule has 1 heterocycles.